The van der Waals surface area contributed by atoms with E-state index in [9.17, 15) is 5.11 Å². The van der Waals surface area contributed by atoms with Gasteiger partial charge in [-0.15, -0.1) is 0 Å². The van der Waals surface area contributed by atoms with Crippen LogP contribution in [0.5, 0.6) is 0 Å². The average Bonchev–Trinajstić information content (AvgIpc) is 3.09. The molecule has 1 aliphatic rings. The molecule has 4 nitrogen and oxygen atoms in total. The molecule has 164 valence electrons. The van der Waals surface area contributed by atoms with Crippen LogP contribution in [0, 0.1) is 20.8 Å². The Kier molecular flexibility index (Phi) is 6.31. The van der Waals surface area contributed by atoms with Gasteiger partial charge in [0, 0.05) is 30.4 Å². The van der Waals surface area contributed by atoms with Crippen LogP contribution in [0.3, 0.4) is 0 Å². The highest BCUT2D eigenvalue weighted by molar-refractivity contribution is 5.51. The smallest absolute Gasteiger partial charge is 0.0707 e. The molecule has 0 spiro atoms. The quantitative estimate of drug-likeness (QED) is 0.624. The lowest BCUT2D eigenvalue weighted by Crippen LogP contribution is -2.42. The van der Waals surface area contributed by atoms with Crippen LogP contribution in [0.1, 0.15) is 58.6 Å². The molecule has 0 saturated heterocycles. The van der Waals surface area contributed by atoms with Crippen LogP contribution in [0.2, 0.25) is 0 Å². The fourth-order valence-corrected chi connectivity index (χ4v) is 5.27. The van der Waals surface area contributed by atoms with Crippen molar-refractivity contribution in [3.63, 3.8) is 0 Å². The van der Waals surface area contributed by atoms with Crippen LogP contribution < -0.4 is 0 Å². The molecule has 1 unspecified atom stereocenters. The van der Waals surface area contributed by atoms with E-state index in [1.165, 1.54) is 50.5 Å². The maximum Gasteiger partial charge on any atom is 0.0707 e. The van der Waals surface area contributed by atoms with Crippen molar-refractivity contribution >= 4 is 0 Å². The van der Waals surface area contributed by atoms with E-state index in [-0.39, 0.29) is 12.6 Å². The molecule has 0 fully saturated rings. The fraction of sp³-hybridized carbons (Fsp3) is 0.444. The Morgan fingerprint density at radius 2 is 1.68 bits per heavy atom. The lowest BCUT2D eigenvalue weighted by molar-refractivity contribution is 0.0991. The molecule has 3 aromatic rings. The summed E-state index contributed by atoms with van der Waals surface area (Å²) in [5, 5.41) is 15.2. The van der Waals surface area contributed by atoms with Gasteiger partial charge in [-0.1, -0.05) is 55.8 Å². The molecule has 1 atom stereocenters. The van der Waals surface area contributed by atoms with Crippen LogP contribution in [0.25, 0.3) is 5.69 Å². The highest BCUT2D eigenvalue weighted by Gasteiger charge is 2.28. The largest absolute Gasteiger partial charge is 0.395 e. The van der Waals surface area contributed by atoms with Crippen LogP contribution >= 0.6 is 0 Å². The number of hydrogen-bond acceptors (Lipinski definition) is 3. The van der Waals surface area contributed by atoms with Gasteiger partial charge in [-0.05, 0) is 62.3 Å². The van der Waals surface area contributed by atoms with Gasteiger partial charge in [-0.25, -0.2) is 4.68 Å². The van der Waals surface area contributed by atoms with E-state index >= 15 is 0 Å². The molecule has 0 saturated carbocycles. The van der Waals surface area contributed by atoms with Crippen molar-refractivity contribution in [1.29, 1.82) is 0 Å². The van der Waals surface area contributed by atoms with Gasteiger partial charge < -0.3 is 5.11 Å². The highest BCUT2D eigenvalue weighted by atomic mass is 16.3. The minimum absolute atomic E-state index is 0.149. The second-order valence-electron chi connectivity index (χ2n) is 8.95. The summed E-state index contributed by atoms with van der Waals surface area (Å²) in [6, 6.07) is 13.3. The summed E-state index contributed by atoms with van der Waals surface area (Å²) in [7, 11) is 0. The summed E-state index contributed by atoms with van der Waals surface area (Å²) >= 11 is 0. The first-order valence-electron chi connectivity index (χ1n) is 11.6. The first-order valence-corrected chi connectivity index (χ1v) is 11.6. The monoisotopic (exact) mass is 417 g/mol. The van der Waals surface area contributed by atoms with E-state index < -0.39 is 0 Å². The number of aliphatic hydroxyl groups excluding tert-OH is 1. The summed E-state index contributed by atoms with van der Waals surface area (Å²) < 4.78 is 2.20. The maximum absolute atomic E-state index is 10.1. The Hall–Kier alpha value is -2.43. The number of fused-ring (bicyclic) bond motifs is 1. The zero-order chi connectivity index (χ0) is 22.1. The maximum atomic E-state index is 10.1. The highest BCUT2D eigenvalue weighted by Crippen LogP contribution is 2.30. The Morgan fingerprint density at radius 3 is 2.29 bits per heavy atom. The van der Waals surface area contributed by atoms with E-state index in [1.54, 1.807) is 0 Å². The second kappa shape index (κ2) is 8.97. The Balaban J connectivity index is 1.76. The van der Waals surface area contributed by atoms with Gasteiger partial charge in [-0.2, -0.15) is 5.10 Å². The van der Waals surface area contributed by atoms with Crippen LogP contribution in [-0.2, 0) is 32.4 Å². The van der Waals surface area contributed by atoms with E-state index in [1.807, 2.05) is 0 Å². The molecule has 4 rings (SSSR count). The molecule has 0 aliphatic carbocycles. The summed E-state index contributed by atoms with van der Waals surface area (Å²) in [5.41, 5.74) is 11.6. The molecular weight excluding hydrogens is 382 g/mol. The predicted octanol–water partition coefficient (Wildman–Crippen LogP) is 4.84. The van der Waals surface area contributed by atoms with Crippen molar-refractivity contribution in [1.82, 2.24) is 14.7 Å². The Morgan fingerprint density at radius 1 is 1.00 bits per heavy atom. The lowest BCUT2D eigenvalue weighted by atomic mass is 9.93. The molecule has 4 heteroatoms. The van der Waals surface area contributed by atoms with Crippen LogP contribution in [0.15, 0.2) is 36.4 Å². The number of nitrogens with zero attached hydrogens (tertiary/aromatic N) is 3. The Bertz CT molecular complexity index is 1060. The minimum atomic E-state index is 0.149. The zero-order valence-corrected chi connectivity index (χ0v) is 19.6. The number of aryl methyl sites for hydroxylation is 4. The predicted molar refractivity (Wildman–Crippen MR) is 127 cm³/mol. The Labute approximate surface area is 186 Å². The van der Waals surface area contributed by atoms with E-state index in [4.69, 9.17) is 5.10 Å². The number of aliphatic hydroxyl groups is 1. The van der Waals surface area contributed by atoms with Crippen molar-refractivity contribution in [2.45, 2.75) is 73.0 Å². The molecular formula is C27H35N3O. The third-order valence-electron chi connectivity index (χ3n) is 6.73. The van der Waals surface area contributed by atoms with Crippen molar-refractivity contribution in [2.24, 2.45) is 0 Å². The van der Waals surface area contributed by atoms with Gasteiger partial charge in [0.25, 0.3) is 0 Å². The lowest BCUT2D eigenvalue weighted by Gasteiger charge is -2.36. The molecule has 1 aliphatic heterocycles. The normalized spacial score (nSPS) is 16.5. The van der Waals surface area contributed by atoms with Gasteiger partial charge >= 0.3 is 0 Å². The van der Waals surface area contributed by atoms with Crippen LogP contribution in [0.4, 0.5) is 0 Å². The molecule has 1 N–H and O–H groups in total. The average molecular weight is 418 g/mol. The number of benzene rings is 2. The summed E-state index contributed by atoms with van der Waals surface area (Å²) in [5.74, 6) is 0. The van der Waals surface area contributed by atoms with Crippen molar-refractivity contribution in [2.75, 3.05) is 6.61 Å². The molecule has 1 aromatic heterocycles. The van der Waals surface area contributed by atoms with E-state index in [2.05, 4.69) is 80.6 Å². The molecule has 0 radical (unpaired) electrons. The third kappa shape index (κ3) is 4.07. The number of aromatic nitrogens is 2. The molecule has 31 heavy (non-hydrogen) atoms. The third-order valence-corrected chi connectivity index (χ3v) is 6.73. The number of hydrogen-bond donors (Lipinski definition) is 1. The summed E-state index contributed by atoms with van der Waals surface area (Å²) in [4.78, 5) is 2.44. The second-order valence-corrected chi connectivity index (χ2v) is 8.95. The number of rotatable bonds is 6. The van der Waals surface area contributed by atoms with Gasteiger partial charge in [0.05, 0.1) is 18.0 Å². The van der Waals surface area contributed by atoms with E-state index in [0.717, 1.165) is 32.4 Å². The first-order chi connectivity index (χ1) is 15.0. The van der Waals surface area contributed by atoms with E-state index in [0.29, 0.717) is 0 Å². The standard InChI is InChI=1S/C27H35N3O/c1-6-25-24(16-29-15-22-11-9-8-10-21(22)14-23(29)17-31)26(7-2)30(28-25)27-19(4)12-18(3)13-20(27)5/h8-13,23,31H,6-7,14-17H2,1-5H3. The molecule has 0 bridgehead atoms. The van der Waals surface area contributed by atoms with Gasteiger partial charge in [0.15, 0.2) is 0 Å². The van der Waals surface area contributed by atoms with Gasteiger partial charge in [0.1, 0.15) is 0 Å². The van der Waals surface area contributed by atoms with Crippen molar-refractivity contribution < 1.29 is 5.11 Å². The summed E-state index contributed by atoms with van der Waals surface area (Å²) in [6.07, 6.45) is 2.75. The topological polar surface area (TPSA) is 41.3 Å². The minimum Gasteiger partial charge on any atom is -0.395 e. The first kappa shape index (κ1) is 21.8. The van der Waals surface area contributed by atoms with Crippen LogP contribution in [-0.4, -0.2) is 32.4 Å². The molecule has 0 amide bonds. The molecule has 2 heterocycles. The van der Waals surface area contributed by atoms with Gasteiger partial charge in [0.2, 0.25) is 0 Å². The molecule has 2 aromatic carbocycles. The van der Waals surface area contributed by atoms with Gasteiger partial charge in [-0.3, -0.25) is 4.90 Å². The fourth-order valence-electron chi connectivity index (χ4n) is 5.27. The zero-order valence-electron chi connectivity index (χ0n) is 19.6. The SMILES string of the molecule is CCc1nn(-c2c(C)cc(C)cc2C)c(CC)c1CN1Cc2ccccc2CC1CO. The summed E-state index contributed by atoms with van der Waals surface area (Å²) in [6.45, 7) is 12.8. The van der Waals surface area contributed by atoms with Crippen molar-refractivity contribution in [3.05, 3.63) is 81.2 Å². The van der Waals surface area contributed by atoms with Crippen molar-refractivity contribution in [3.8, 4) is 5.69 Å².